The number of anilines is 2. The molecule has 0 aliphatic heterocycles. The summed E-state index contributed by atoms with van der Waals surface area (Å²) in [7, 11) is -3.80. The van der Waals surface area contributed by atoms with Gasteiger partial charge in [0.25, 0.3) is 15.9 Å². The van der Waals surface area contributed by atoms with Crippen LogP contribution in [0, 0.1) is 0 Å². The Kier molecular flexibility index (Phi) is 9.71. The molecule has 0 heterocycles. The van der Waals surface area contributed by atoms with Crippen LogP contribution < -0.4 is 24.8 Å². The first kappa shape index (κ1) is 28.6. The van der Waals surface area contributed by atoms with E-state index < -0.39 is 15.9 Å². The number of amides is 1. The van der Waals surface area contributed by atoms with Gasteiger partial charge in [-0.05, 0) is 85.4 Å². The summed E-state index contributed by atoms with van der Waals surface area (Å²) in [5.74, 6) is 0.683. The Labute approximate surface area is 239 Å². The number of hydrogen-bond acceptors (Lipinski definition) is 6. The fourth-order valence-corrected chi connectivity index (χ4v) is 5.02. The molecular weight excluding hydrogens is 546 g/mol. The average Bonchev–Trinajstić information content (AvgIpc) is 2.95. The van der Waals surface area contributed by atoms with E-state index in [4.69, 9.17) is 21.7 Å². The zero-order valence-corrected chi connectivity index (χ0v) is 23.4. The molecule has 4 aromatic carbocycles. The maximum Gasteiger partial charge on any atom is 0.261 e. The van der Waals surface area contributed by atoms with Gasteiger partial charge < -0.3 is 14.8 Å². The standard InChI is InChI=1S/C30H29N3O5S2/c1-2-37-25-16-12-24(13-17-25)33-40(35,36)26-18-14-23(15-19-26)31-30(39)32-29(34)27-10-6-7-11-28(27)38-21-20-22-8-4-3-5-9-22/h3-19,33H,2,20-21H2,1H3,(H2,31,32,34,39). The Hall–Kier alpha value is -4.41. The van der Waals surface area contributed by atoms with E-state index in [0.717, 1.165) is 5.56 Å². The van der Waals surface area contributed by atoms with Crippen LogP contribution in [0.15, 0.2) is 108 Å². The zero-order valence-electron chi connectivity index (χ0n) is 21.8. The molecule has 0 aliphatic rings. The van der Waals surface area contributed by atoms with Crippen LogP contribution in [-0.2, 0) is 16.4 Å². The van der Waals surface area contributed by atoms with Crippen molar-refractivity contribution in [2.24, 2.45) is 0 Å². The van der Waals surface area contributed by atoms with E-state index >= 15 is 0 Å². The van der Waals surface area contributed by atoms with Crippen LogP contribution in [0.3, 0.4) is 0 Å². The lowest BCUT2D eigenvalue weighted by Gasteiger charge is -2.14. The molecule has 10 heteroatoms. The summed E-state index contributed by atoms with van der Waals surface area (Å²) in [5.41, 5.74) is 2.42. The highest BCUT2D eigenvalue weighted by Crippen LogP contribution is 2.21. The van der Waals surface area contributed by atoms with Crippen LogP contribution in [0.4, 0.5) is 11.4 Å². The molecule has 0 aromatic heterocycles. The molecule has 8 nitrogen and oxygen atoms in total. The zero-order chi connectivity index (χ0) is 28.4. The summed E-state index contributed by atoms with van der Waals surface area (Å²) in [5, 5.41) is 5.61. The maximum absolute atomic E-state index is 12.9. The van der Waals surface area contributed by atoms with Gasteiger partial charge in [0.15, 0.2) is 5.11 Å². The number of sulfonamides is 1. The Morgan fingerprint density at radius 1 is 0.800 bits per heavy atom. The average molecular weight is 576 g/mol. The fourth-order valence-electron chi connectivity index (χ4n) is 3.75. The lowest BCUT2D eigenvalue weighted by atomic mass is 10.1. The van der Waals surface area contributed by atoms with Crippen molar-refractivity contribution in [1.82, 2.24) is 5.32 Å². The first-order valence-electron chi connectivity index (χ1n) is 12.6. The normalized spacial score (nSPS) is 10.8. The molecule has 0 atom stereocenters. The number of rotatable bonds is 11. The van der Waals surface area contributed by atoms with E-state index in [-0.39, 0.29) is 10.0 Å². The fraction of sp³-hybridized carbons (Fsp3) is 0.133. The minimum absolute atomic E-state index is 0.0622. The molecule has 0 fully saturated rings. The van der Waals surface area contributed by atoms with Crippen molar-refractivity contribution in [3.8, 4) is 11.5 Å². The topological polar surface area (TPSA) is 106 Å². The van der Waals surface area contributed by atoms with Gasteiger partial charge in [-0.25, -0.2) is 8.42 Å². The first-order valence-corrected chi connectivity index (χ1v) is 14.5. The Morgan fingerprint density at radius 3 is 2.15 bits per heavy atom. The van der Waals surface area contributed by atoms with Gasteiger partial charge in [-0.15, -0.1) is 0 Å². The molecule has 0 radical (unpaired) electrons. The van der Waals surface area contributed by atoms with Gasteiger partial charge in [0.2, 0.25) is 0 Å². The second-order valence-corrected chi connectivity index (χ2v) is 10.7. The summed E-state index contributed by atoms with van der Waals surface area (Å²) < 4.78 is 39.3. The number of carbonyl (C=O) groups is 1. The first-order chi connectivity index (χ1) is 19.3. The van der Waals surface area contributed by atoms with Crippen molar-refractivity contribution in [1.29, 1.82) is 0 Å². The molecule has 40 heavy (non-hydrogen) atoms. The van der Waals surface area contributed by atoms with Crippen molar-refractivity contribution >= 4 is 44.6 Å². The van der Waals surface area contributed by atoms with Crippen LogP contribution in [0.2, 0.25) is 0 Å². The predicted molar refractivity (Wildman–Crippen MR) is 161 cm³/mol. The van der Waals surface area contributed by atoms with E-state index in [0.29, 0.717) is 48.1 Å². The SMILES string of the molecule is CCOc1ccc(NS(=O)(=O)c2ccc(NC(=S)NC(=O)c3ccccc3OCCc3ccccc3)cc2)cc1. The number of hydrogen-bond donors (Lipinski definition) is 3. The van der Waals surface area contributed by atoms with Crippen LogP contribution in [0.25, 0.3) is 0 Å². The van der Waals surface area contributed by atoms with Crippen molar-refractivity contribution in [2.75, 3.05) is 23.3 Å². The molecule has 4 rings (SSSR count). The van der Waals surface area contributed by atoms with E-state index in [1.807, 2.05) is 37.3 Å². The molecule has 1 amide bonds. The quantitative estimate of drug-likeness (QED) is 0.199. The smallest absolute Gasteiger partial charge is 0.261 e. The van der Waals surface area contributed by atoms with E-state index in [9.17, 15) is 13.2 Å². The molecular formula is C30H29N3O5S2. The second kappa shape index (κ2) is 13.6. The highest BCUT2D eigenvalue weighted by atomic mass is 32.2. The maximum atomic E-state index is 12.9. The van der Waals surface area contributed by atoms with Crippen molar-refractivity contribution in [3.05, 3.63) is 114 Å². The molecule has 0 bridgehead atoms. The summed E-state index contributed by atoms with van der Waals surface area (Å²) in [6, 6.07) is 29.5. The number of ether oxygens (including phenoxy) is 2. The lowest BCUT2D eigenvalue weighted by Crippen LogP contribution is -2.34. The Bertz CT molecular complexity index is 1540. The number of carbonyl (C=O) groups excluding carboxylic acids is 1. The molecule has 0 saturated carbocycles. The molecule has 4 aromatic rings. The molecule has 0 spiro atoms. The predicted octanol–water partition coefficient (Wildman–Crippen LogP) is 5.63. The third-order valence-electron chi connectivity index (χ3n) is 5.69. The molecule has 0 saturated heterocycles. The van der Waals surface area contributed by atoms with Crippen molar-refractivity contribution in [3.63, 3.8) is 0 Å². The minimum Gasteiger partial charge on any atom is -0.494 e. The Balaban J connectivity index is 1.32. The second-order valence-electron chi connectivity index (χ2n) is 8.58. The van der Waals surface area contributed by atoms with Crippen molar-refractivity contribution in [2.45, 2.75) is 18.2 Å². The van der Waals surface area contributed by atoms with Gasteiger partial charge >= 0.3 is 0 Å². The van der Waals surface area contributed by atoms with Crippen molar-refractivity contribution < 1.29 is 22.7 Å². The highest BCUT2D eigenvalue weighted by Gasteiger charge is 2.16. The van der Waals surface area contributed by atoms with E-state index in [2.05, 4.69) is 15.4 Å². The van der Waals surface area contributed by atoms with E-state index in [1.165, 1.54) is 12.1 Å². The summed E-state index contributed by atoms with van der Waals surface area (Å²) in [6.07, 6.45) is 0.707. The van der Waals surface area contributed by atoms with Gasteiger partial charge in [-0.3, -0.25) is 14.8 Å². The highest BCUT2D eigenvalue weighted by molar-refractivity contribution is 7.92. The van der Waals surface area contributed by atoms with Gasteiger partial charge in [0.1, 0.15) is 11.5 Å². The Morgan fingerprint density at radius 2 is 1.45 bits per heavy atom. The van der Waals surface area contributed by atoms with Crippen LogP contribution in [-0.4, -0.2) is 32.7 Å². The molecule has 206 valence electrons. The largest absolute Gasteiger partial charge is 0.494 e. The van der Waals surface area contributed by atoms with Crippen LogP contribution in [0.5, 0.6) is 11.5 Å². The third kappa shape index (κ3) is 8.05. The van der Waals surface area contributed by atoms with Gasteiger partial charge in [0.05, 0.1) is 23.7 Å². The van der Waals surface area contributed by atoms with Crippen LogP contribution in [0.1, 0.15) is 22.8 Å². The third-order valence-corrected chi connectivity index (χ3v) is 7.29. The monoisotopic (exact) mass is 575 g/mol. The summed E-state index contributed by atoms with van der Waals surface area (Å²) in [4.78, 5) is 13.0. The van der Waals surface area contributed by atoms with Crippen LogP contribution >= 0.6 is 12.2 Å². The van der Waals surface area contributed by atoms with Gasteiger partial charge in [0, 0.05) is 17.8 Å². The number of para-hydroxylation sites is 1. The summed E-state index contributed by atoms with van der Waals surface area (Å²) >= 11 is 5.30. The molecule has 0 unspecified atom stereocenters. The van der Waals surface area contributed by atoms with Gasteiger partial charge in [-0.1, -0.05) is 42.5 Å². The van der Waals surface area contributed by atoms with E-state index in [1.54, 1.807) is 60.7 Å². The molecule has 0 aliphatic carbocycles. The summed E-state index contributed by atoms with van der Waals surface area (Å²) in [6.45, 7) is 2.81. The molecule has 3 N–H and O–H groups in total. The number of thiocarbonyl (C=S) groups is 1. The number of nitrogens with one attached hydrogen (secondary N) is 3. The minimum atomic E-state index is -3.80. The van der Waals surface area contributed by atoms with Gasteiger partial charge in [-0.2, -0.15) is 0 Å². The lowest BCUT2D eigenvalue weighted by molar-refractivity contribution is 0.0973. The number of benzene rings is 4.